The van der Waals surface area contributed by atoms with Crippen LogP contribution in [0.4, 0.5) is 5.69 Å². The first-order valence-corrected chi connectivity index (χ1v) is 6.56. The fourth-order valence-corrected chi connectivity index (χ4v) is 1.83. The summed E-state index contributed by atoms with van der Waals surface area (Å²) >= 11 is 11.4. The van der Waals surface area contributed by atoms with Crippen LogP contribution in [-0.2, 0) is 11.8 Å². The zero-order valence-electron chi connectivity index (χ0n) is 10.1. The summed E-state index contributed by atoms with van der Waals surface area (Å²) in [5, 5.41) is 22.5. The van der Waals surface area contributed by atoms with E-state index in [0.717, 1.165) is 0 Å². The van der Waals surface area contributed by atoms with Gasteiger partial charge >= 0.3 is 0 Å². The van der Waals surface area contributed by atoms with E-state index in [0.29, 0.717) is 17.2 Å². The topological polar surface area (TPSA) is 86.2 Å². The normalized spacial score (nSPS) is 11.1. The number of nitro groups is 1. The number of nitrogens with zero attached hydrogens (tertiary/aromatic N) is 5. The van der Waals surface area contributed by atoms with E-state index in [1.165, 1.54) is 23.0 Å². The molecule has 1 aromatic heterocycles. The second-order valence-corrected chi connectivity index (χ2v) is 4.24. The first-order chi connectivity index (χ1) is 9.65. The molecule has 0 atom stereocenters. The average molecular weight is 314 g/mol. The Morgan fingerprint density at radius 1 is 1.30 bits per heavy atom. The molecule has 0 unspecified atom stereocenters. The van der Waals surface area contributed by atoms with Crippen molar-refractivity contribution in [3.63, 3.8) is 0 Å². The van der Waals surface area contributed by atoms with E-state index in [2.05, 4.69) is 15.3 Å². The minimum absolute atomic E-state index is 0.00663. The fraction of sp³-hybridized carbons (Fsp3) is 0.182. The molecule has 0 saturated carbocycles. The summed E-state index contributed by atoms with van der Waals surface area (Å²) in [4.78, 5) is 10.2. The van der Waals surface area contributed by atoms with Crippen LogP contribution in [0.2, 0.25) is 0 Å². The van der Waals surface area contributed by atoms with Crippen molar-refractivity contribution >= 4 is 35.1 Å². The lowest BCUT2D eigenvalue weighted by molar-refractivity contribution is -0.384. The van der Waals surface area contributed by atoms with Crippen molar-refractivity contribution in [2.24, 2.45) is 5.10 Å². The molecule has 2 aromatic rings. The maximum Gasteiger partial charge on any atom is 0.270 e. The number of nitro benzene ring substituents is 1. The molecule has 0 saturated heterocycles. The average Bonchev–Trinajstić information content (AvgIpc) is 2.87. The third kappa shape index (κ3) is 3.12. The molecule has 7 nitrogen and oxygen atoms in total. The molecule has 0 N–H and O–H groups in total. The Bertz CT molecular complexity index is 635. The number of hydrogen-bond donors (Lipinski definition) is 0. The number of hydrogen-bond acceptors (Lipinski definition) is 5. The van der Waals surface area contributed by atoms with Crippen molar-refractivity contribution in [2.45, 2.75) is 11.8 Å². The molecular weight excluding hydrogens is 305 g/mol. The largest absolute Gasteiger partial charge is 0.270 e. The van der Waals surface area contributed by atoms with Crippen molar-refractivity contribution in [3.8, 4) is 0 Å². The number of alkyl halides is 2. The zero-order chi connectivity index (χ0) is 14.5. The van der Waals surface area contributed by atoms with Gasteiger partial charge in [0.05, 0.1) is 22.9 Å². The SMILES string of the molecule is O=[N+]([O-])c1cccc(C=Nn2c(CCl)nnc2CCl)c1. The van der Waals surface area contributed by atoms with E-state index < -0.39 is 4.92 Å². The van der Waals surface area contributed by atoms with Crippen LogP contribution in [0, 0.1) is 10.1 Å². The molecule has 0 spiro atoms. The molecule has 0 aliphatic heterocycles. The first kappa shape index (κ1) is 14.4. The summed E-state index contributed by atoms with van der Waals surface area (Å²) < 4.78 is 1.42. The highest BCUT2D eigenvalue weighted by molar-refractivity contribution is 6.17. The lowest BCUT2D eigenvalue weighted by Crippen LogP contribution is -2.00. The van der Waals surface area contributed by atoms with Crippen LogP contribution >= 0.6 is 23.2 Å². The zero-order valence-corrected chi connectivity index (χ0v) is 11.6. The maximum atomic E-state index is 10.7. The van der Waals surface area contributed by atoms with E-state index in [1.54, 1.807) is 12.1 Å². The van der Waals surface area contributed by atoms with Gasteiger partial charge in [0.15, 0.2) is 11.6 Å². The summed E-state index contributed by atoms with van der Waals surface area (Å²) in [5.74, 6) is 1.17. The molecule has 1 heterocycles. The predicted octanol–water partition coefficient (Wildman–Crippen LogP) is 2.55. The predicted molar refractivity (Wildman–Crippen MR) is 75.2 cm³/mol. The first-order valence-electron chi connectivity index (χ1n) is 5.49. The van der Waals surface area contributed by atoms with E-state index in [-0.39, 0.29) is 17.4 Å². The van der Waals surface area contributed by atoms with Crippen LogP contribution in [0.1, 0.15) is 17.2 Å². The molecule has 0 aliphatic rings. The molecule has 0 amide bonds. The maximum absolute atomic E-state index is 10.7. The van der Waals surface area contributed by atoms with E-state index in [4.69, 9.17) is 23.2 Å². The standard InChI is InChI=1S/C11H9Cl2N5O2/c12-5-10-15-16-11(6-13)17(10)14-7-8-2-1-3-9(4-8)18(19)20/h1-4,7H,5-6H2. The monoisotopic (exact) mass is 313 g/mol. The number of rotatable bonds is 5. The van der Waals surface area contributed by atoms with Gasteiger partial charge < -0.3 is 0 Å². The minimum atomic E-state index is -0.468. The van der Waals surface area contributed by atoms with Gasteiger partial charge in [0, 0.05) is 17.7 Å². The summed E-state index contributed by atoms with van der Waals surface area (Å²) in [5.41, 5.74) is 0.571. The fourth-order valence-electron chi connectivity index (χ4n) is 1.49. The Kier molecular flexibility index (Phi) is 4.65. The Balaban J connectivity index is 2.31. The number of non-ortho nitro benzene ring substituents is 1. The molecule has 104 valence electrons. The van der Waals surface area contributed by atoms with Crippen LogP contribution in [0.3, 0.4) is 0 Å². The second-order valence-electron chi connectivity index (χ2n) is 3.71. The Hall–Kier alpha value is -1.99. The van der Waals surface area contributed by atoms with E-state index in [1.807, 2.05) is 0 Å². The number of halogens is 2. The van der Waals surface area contributed by atoms with Gasteiger partial charge in [0.2, 0.25) is 0 Å². The van der Waals surface area contributed by atoms with Gasteiger partial charge in [0.25, 0.3) is 5.69 Å². The molecule has 9 heteroatoms. The van der Waals surface area contributed by atoms with Gasteiger partial charge in [-0.2, -0.15) is 9.78 Å². The van der Waals surface area contributed by atoms with E-state index >= 15 is 0 Å². The molecule has 1 aromatic carbocycles. The summed E-state index contributed by atoms with van der Waals surface area (Å²) in [6, 6.07) is 6.09. The van der Waals surface area contributed by atoms with Gasteiger partial charge in [-0.25, -0.2) is 0 Å². The lowest BCUT2D eigenvalue weighted by atomic mass is 10.2. The van der Waals surface area contributed by atoms with Crippen molar-refractivity contribution < 1.29 is 4.92 Å². The van der Waals surface area contributed by atoms with Gasteiger partial charge in [0.1, 0.15) is 0 Å². The highest BCUT2D eigenvalue weighted by atomic mass is 35.5. The highest BCUT2D eigenvalue weighted by Crippen LogP contribution is 2.12. The van der Waals surface area contributed by atoms with Crippen LogP contribution in [0.15, 0.2) is 29.4 Å². The van der Waals surface area contributed by atoms with Gasteiger partial charge in [-0.3, -0.25) is 10.1 Å². The summed E-state index contributed by atoms with van der Waals surface area (Å²) in [7, 11) is 0. The van der Waals surface area contributed by atoms with Gasteiger partial charge in [-0.1, -0.05) is 12.1 Å². The molecule has 0 radical (unpaired) electrons. The number of aromatic nitrogens is 3. The Labute approximate surface area is 124 Å². The van der Waals surface area contributed by atoms with Crippen molar-refractivity contribution in [2.75, 3.05) is 0 Å². The van der Waals surface area contributed by atoms with Gasteiger partial charge in [-0.05, 0) is 0 Å². The molecule has 0 fully saturated rings. The Morgan fingerprint density at radius 3 is 2.50 bits per heavy atom. The smallest absolute Gasteiger partial charge is 0.258 e. The highest BCUT2D eigenvalue weighted by Gasteiger charge is 2.09. The molecule has 20 heavy (non-hydrogen) atoms. The third-order valence-corrected chi connectivity index (χ3v) is 2.89. The summed E-state index contributed by atoms with van der Waals surface area (Å²) in [6.45, 7) is 0. The van der Waals surface area contributed by atoms with E-state index in [9.17, 15) is 10.1 Å². The molecule has 2 rings (SSSR count). The van der Waals surface area contributed by atoms with Crippen LogP contribution in [-0.4, -0.2) is 26.0 Å². The van der Waals surface area contributed by atoms with Crippen molar-refractivity contribution in [3.05, 3.63) is 51.6 Å². The van der Waals surface area contributed by atoms with Crippen LogP contribution in [0.25, 0.3) is 0 Å². The Morgan fingerprint density at radius 2 is 1.95 bits per heavy atom. The van der Waals surface area contributed by atoms with Crippen molar-refractivity contribution in [1.29, 1.82) is 0 Å². The molecule has 0 aliphatic carbocycles. The van der Waals surface area contributed by atoms with Crippen LogP contribution in [0.5, 0.6) is 0 Å². The van der Waals surface area contributed by atoms with Crippen LogP contribution < -0.4 is 0 Å². The molecule has 0 bridgehead atoms. The minimum Gasteiger partial charge on any atom is -0.258 e. The summed E-state index contributed by atoms with van der Waals surface area (Å²) in [6.07, 6.45) is 1.46. The molecular formula is C11H9Cl2N5O2. The number of benzene rings is 1. The quantitative estimate of drug-likeness (QED) is 0.367. The van der Waals surface area contributed by atoms with Crippen molar-refractivity contribution in [1.82, 2.24) is 14.9 Å². The second kappa shape index (κ2) is 6.44. The lowest BCUT2D eigenvalue weighted by Gasteiger charge is -2.00. The van der Waals surface area contributed by atoms with Gasteiger partial charge in [-0.15, -0.1) is 33.4 Å². The third-order valence-electron chi connectivity index (χ3n) is 2.41.